The summed E-state index contributed by atoms with van der Waals surface area (Å²) in [5, 5.41) is 4.83. The van der Waals surface area contributed by atoms with Crippen molar-refractivity contribution < 1.29 is 9.59 Å². The Hall–Kier alpha value is -2.62. The fourth-order valence-electron chi connectivity index (χ4n) is 2.97. The van der Waals surface area contributed by atoms with Crippen LogP contribution in [0, 0.1) is 11.3 Å². The van der Waals surface area contributed by atoms with Gasteiger partial charge in [-0.15, -0.1) is 0 Å². The lowest BCUT2D eigenvalue weighted by Crippen LogP contribution is -2.26. The van der Waals surface area contributed by atoms with Crippen LogP contribution in [0.1, 0.15) is 25.8 Å². The molecule has 1 fully saturated rings. The third-order valence-electron chi connectivity index (χ3n) is 4.56. The first-order valence-electron chi connectivity index (χ1n) is 7.80. The van der Waals surface area contributed by atoms with Crippen molar-refractivity contribution in [2.24, 2.45) is 11.3 Å². The average molecular weight is 308 g/mol. The van der Waals surface area contributed by atoms with Gasteiger partial charge < -0.3 is 5.32 Å². The number of carbonyl (C=O) groups is 2. The van der Waals surface area contributed by atoms with E-state index in [0.717, 1.165) is 6.42 Å². The first-order valence-corrected chi connectivity index (χ1v) is 7.80. The van der Waals surface area contributed by atoms with Gasteiger partial charge in [0.25, 0.3) is 5.91 Å². The first kappa shape index (κ1) is 15.3. The summed E-state index contributed by atoms with van der Waals surface area (Å²) in [5.74, 6) is -0.0635. The van der Waals surface area contributed by atoms with Gasteiger partial charge in [-0.25, -0.2) is 4.79 Å². The largest absolute Gasteiger partial charge is 0.326 e. The van der Waals surface area contributed by atoms with Crippen molar-refractivity contribution in [3.63, 3.8) is 0 Å². The number of hydrogen-bond donors (Lipinski definition) is 2. The van der Waals surface area contributed by atoms with E-state index >= 15 is 0 Å². The summed E-state index contributed by atoms with van der Waals surface area (Å²) in [6.45, 7) is 4.24. The van der Waals surface area contributed by atoms with Gasteiger partial charge >= 0.3 is 6.03 Å². The highest BCUT2D eigenvalue weighted by Gasteiger charge is 2.34. The number of carbonyl (C=O) groups excluding carboxylic acids is 2. The summed E-state index contributed by atoms with van der Waals surface area (Å²) in [7, 11) is 0. The molecule has 0 saturated carbocycles. The quantitative estimate of drug-likeness (QED) is 0.664. The lowest BCUT2D eigenvalue weighted by Gasteiger charge is -2.34. The number of imide groups is 1. The molecule has 1 heterocycles. The second-order valence-corrected chi connectivity index (χ2v) is 6.30. The highest BCUT2D eigenvalue weighted by atomic mass is 16.2. The fraction of sp³-hybridized carbons (Fsp3) is 0.263. The van der Waals surface area contributed by atoms with Gasteiger partial charge in [0.1, 0.15) is 5.70 Å². The molecule has 1 unspecified atom stereocenters. The number of rotatable bonds is 3. The number of amides is 3. The van der Waals surface area contributed by atoms with Gasteiger partial charge in [-0.05, 0) is 29.6 Å². The molecular weight excluding hydrogens is 288 g/mol. The molecule has 2 aliphatic rings. The SMILES string of the molecule is CC(C)C1(/C=C2\NC(=O)NC2=O)C=CC(c2ccccc2)=CC1. The molecule has 1 aliphatic heterocycles. The minimum absolute atomic E-state index is 0.275. The van der Waals surface area contributed by atoms with E-state index in [1.165, 1.54) is 11.1 Å². The number of hydrogen-bond acceptors (Lipinski definition) is 2. The molecule has 4 heteroatoms. The first-order chi connectivity index (χ1) is 11.0. The van der Waals surface area contributed by atoms with Gasteiger partial charge in [0.15, 0.2) is 0 Å². The van der Waals surface area contributed by atoms with Crippen LogP contribution in [-0.4, -0.2) is 11.9 Å². The van der Waals surface area contributed by atoms with Gasteiger partial charge in [-0.1, -0.05) is 62.4 Å². The maximum atomic E-state index is 11.8. The van der Waals surface area contributed by atoms with Crippen LogP contribution in [-0.2, 0) is 4.79 Å². The molecule has 23 heavy (non-hydrogen) atoms. The second kappa shape index (κ2) is 5.88. The molecule has 118 valence electrons. The van der Waals surface area contributed by atoms with Crippen LogP contribution in [0.3, 0.4) is 0 Å². The second-order valence-electron chi connectivity index (χ2n) is 6.30. The predicted molar refractivity (Wildman–Crippen MR) is 90.2 cm³/mol. The van der Waals surface area contributed by atoms with E-state index < -0.39 is 6.03 Å². The summed E-state index contributed by atoms with van der Waals surface area (Å²) in [6.07, 6.45) is 9.11. The average Bonchev–Trinajstić information content (AvgIpc) is 2.86. The Balaban J connectivity index is 1.90. The van der Waals surface area contributed by atoms with Crippen molar-refractivity contribution in [2.75, 3.05) is 0 Å². The van der Waals surface area contributed by atoms with Crippen LogP contribution in [0.2, 0.25) is 0 Å². The smallest absolute Gasteiger partial charge is 0.303 e. The molecule has 1 aromatic carbocycles. The van der Waals surface area contributed by atoms with E-state index in [1.54, 1.807) is 0 Å². The molecule has 1 aromatic rings. The zero-order valence-corrected chi connectivity index (χ0v) is 13.3. The zero-order valence-electron chi connectivity index (χ0n) is 13.3. The number of benzene rings is 1. The van der Waals surface area contributed by atoms with Gasteiger partial charge in [0, 0.05) is 5.41 Å². The number of nitrogens with one attached hydrogen (secondary N) is 2. The third-order valence-corrected chi connectivity index (χ3v) is 4.56. The van der Waals surface area contributed by atoms with Crippen LogP contribution >= 0.6 is 0 Å². The lowest BCUT2D eigenvalue weighted by atomic mass is 9.70. The molecule has 0 aromatic heterocycles. The van der Waals surface area contributed by atoms with E-state index in [9.17, 15) is 9.59 Å². The highest BCUT2D eigenvalue weighted by molar-refractivity contribution is 6.11. The molecule has 0 radical (unpaired) electrons. The molecule has 0 bridgehead atoms. The monoisotopic (exact) mass is 308 g/mol. The maximum absolute atomic E-state index is 11.8. The van der Waals surface area contributed by atoms with Crippen molar-refractivity contribution in [1.29, 1.82) is 0 Å². The van der Waals surface area contributed by atoms with Crippen molar-refractivity contribution in [3.8, 4) is 0 Å². The maximum Gasteiger partial charge on any atom is 0.326 e. The lowest BCUT2D eigenvalue weighted by molar-refractivity contribution is -0.115. The molecule has 2 N–H and O–H groups in total. The zero-order chi connectivity index (χ0) is 16.4. The summed E-state index contributed by atoms with van der Waals surface area (Å²) in [6, 6.07) is 9.76. The Morgan fingerprint density at radius 3 is 2.39 bits per heavy atom. The van der Waals surface area contributed by atoms with Gasteiger partial charge in [0.05, 0.1) is 0 Å². The summed E-state index contributed by atoms with van der Waals surface area (Å²) < 4.78 is 0. The topological polar surface area (TPSA) is 58.2 Å². The Bertz CT molecular complexity index is 729. The van der Waals surface area contributed by atoms with Crippen LogP contribution in [0.5, 0.6) is 0 Å². The number of allylic oxidation sites excluding steroid dienone is 5. The highest BCUT2D eigenvalue weighted by Crippen LogP contribution is 2.41. The van der Waals surface area contributed by atoms with Crippen molar-refractivity contribution in [2.45, 2.75) is 20.3 Å². The van der Waals surface area contributed by atoms with Crippen LogP contribution in [0.15, 0.2) is 60.3 Å². The molecule has 1 saturated heterocycles. The van der Waals surface area contributed by atoms with Gasteiger partial charge in [-0.2, -0.15) is 0 Å². The standard InChI is InChI=1S/C19H20N2O2/c1-13(2)19(12-16-17(22)21-18(23)20-16)10-8-15(9-11-19)14-6-4-3-5-7-14/h3-10,12-13H,11H2,1-2H3,(H2,20,21,22,23)/b16-12-. The molecular formula is C19H20N2O2. The van der Waals surface area contributed by atoms with Gasteiger partial charge in [-0.3, -0.25) is 10.1 Å². The molecule has 1 atom stereocenters. The Kier molecular flexibility index (Phi) is 3.90. The predicted octanol–water partition coefficient (Wildman–Crippen LogP) is 3.40. The molecule has 0 spiro atoms. The molecule has 4 nitrogen and oxygen atoms in total. The van der Waals surface area contributed by atoms with Crippen molar-refractivity contribution in [3.05, 3.63) is 65.9 Å². The fourth-order valence-corrected chi connectivity index (χ4v) is 2.97. The van der Waals surface area contributed by atoms with E-state index in [0.29, 0.717) is 11.6 Å². The number of urea groups is 1. The van der Waals surface area contributed by atoms with E-state index in [1.807, 2.05) is 24.3 Å². The Morgan fingerprint density at radius 2 is 1.87 bits per heavy atom. The van der Waals surface area contributed by atoms with Crippen LogP contribution in [0.25, 0.3) is 5.57 Å². The van der Waals surface area contributed by atoms with Crippen LogP contribution in [0.4, 0.5) is 4.79 Å². The molecule has 1 aliphatic carbocycles. The normalized spacial score (nSPS) is 25.5. The third kappa shape index (κ3) is 2.97. The Labute approximate surface area is 136 Å². The molecule has 3 rings (SSSR count). The summed E-state index contributed by atoms with van der Waals surface area (Å²) in [5.41, 5.74) is 2.42. The van der Waals surface area contributed by atoms with E-state index in [2.05, 4.69) is 54.8 Å². The van der Waals surface area contributed by atoms with Crippen molar-refractivity contribution >= 4 is 17.5 Å². The minimum Gasteiger partial charge on any atom is -0.303 e. The van der Waals surface area contributed by atoms with Gasteiger partial charge in [0.2, 0.25) is 0 Å². The molecule has 3 amide bonds. The summed E-state index contributed by atoms with van der Waals surface area (Å²) >= 11 is 0. The Morgan fingerprint density at radius 1 is 1.13 bits per heavy atom. The summed E-state index contributed by atoms with van der Waals surface area (Å²) in [4.78, 5) is 23.1. The van der Waals surface area contributed by atoms with E-state index in [4.69, 9.17) is 0 Å². The van der Waals surface area contributed by atoms with Crippen molar-refractivity contribution in [1.82, 2.24) is 10.6 Å². The van der Waals surface area contributed by atoms with Crippen LogP contribution < -0.4 is 10.6 Å². The minimum atomic E-state index is -0.458. The van der Waals surface area contributed by atoms with E-state index in [-0.39, 0.29) is 11.3 Å².